The molecule has 0 aliphatic carbocycles. The zero-order valence-corrected chi connectivity index (χ0v) is 15.2. The third-order valence-electron chi connectivity index (χ3n) is 4.02. The highest BCUT2D eigenvalue weighted by Gasteiger charge is 2.20. The van der Waals surface area contributed by atoms with Crippen LogP contribution in [0.3, 0.4) is 0 Å². The van der Waals surface area contributed by atoms with E-state index < -0.39 is 0 Å². The first kappa shape index (κ1) is 17.4. The first-order chi connectivity index (χ1) is 12.3. The van der Waals surface area contributed by atoms with Crippen molar-refractivity contribution in [1.29, 1.82) is 0 Å². The molecule has 0 atom stereocenters. The number of benzene rings is 2. The van der Waals surface area contributed by atoms with Crippen LogP contribution in [-0.2, 0) is 6.42 Å². The Morgan fingerprint density at radius 3 is 2.40 bits per heavy atom. The minimum Gasteiger partial charge on any atom is -0.307 e. The number of rotatable bonds is 7. The highest BCUT2D eigenvalue weighted by atomic mass is 32.1. The van der Waals surface area contributed by atoms with Crippen molar-refractivity contribution in [2.45, 2.75) is 26.2 Å². The number of amides is 1. The lowest BCUT2D eigenvalue weighted by molar-refractivity contribution is 0.0982. The predicted molar refractivity (Wildman–Crippen MR) is 104 cm³/mol. The van der Waals surface area contributed by atoms with Crippen LogP contribution in [0.4, 0.5) is 5.69 Å². The second-order valence-electron chi connectivity index (χ2n) is 5.93. The van der Waals surface area contributed by atoms with Crippen LogP contribution in [0.25, 0.3) is 0 Å². The molecule has 1 amide bonds. The van der Waals surface area contributed by atoms with Crippen LogP contribution in [0.15, 0.2) is 66.0 Å². The van der Waals surface area contributed by atoms with Gasteiger partial charge in [-0.25, -0.2) is 4.98 Å². The summed E-state index contributed by atoms with van der Waals surface area (Å²) in [6.45, 7) is 2.85. The van der Waals surface area contributed by atoms with Crippen LogP contribution in [0.5, 0.6) is 0 Å². The summed E-state index contributed by atoms with van der Waals surface area (Å²) in [6, 6.07) is 20.1. The number of aromatic nitrogens is 1. The zero-order valence-electron chi connectivity index (χ0n) is 14.4. The van der Waals surface area contributed by atoms with Crippen LogP contribution in [0.1, 0.15) is 40.8 Å². The molecule has 0 aliphatic heterocycles. The number of para-hydroxylation sites is 1. The van der Waals surface area contributed by atoms with Crippen molar-refractivity contribution >= 4 is 22.9 Å². The molecular formula is C21H22N2OS. The van der Waals surface area contributed by atoms with Gasteiger partial charge in [-0.15, -0.1) is 11.3 Å². The van der Waals surface area contributed by atoms with E-state index in [0.29, 0.717) is 12.2 Å². The molecule has 0 unspecified atom stereocenters. The van der Waals surface area contributed by atoms with Gasteiger partial charge in [0.15, 0.2) is 0 Å². The van der Waals surface area contributed by atoms with Gasteiger partial charge in [-0.2, -0.15) is 0 Å². The smallest absolute Gasteiger partial charge is 0.277 e. The number of hydrogen-bond donors (Lipinski definition) is 0. The molecule has 128 valence electrons. The van der Waals surface area contributed by atoms with Crippen molar-refractivity contribution < 1.29 is 4.79 Å². The van der Waals surface area contributed by atoms with Gasteiger partial charge in [0.2, 0.25) is 0 Å². The van der Waals surface area contributed by atoms with Crippen molar-refractivity contribution in [3.8, 4) is 0 Å². The number of nitrogens with zero attached hydrogens (tertiary/aromatic N) is 2. The standard InChI is InChI=1S/C21H22N2OS/c1-2-3-14-23(18-12-8-5-9-13-18)21(24)19-16-25-20(22-19)15-17-10-6-4-7-11-17/h4-13,16H,2-3,14-15H2,1H3. The number of thiazole rings is 1. The average molecular weight is 350 g/mol. The Hall–Kier alpha value is -2.46. The van der Waals surface area contributed by atoms with Crippen molar-refractivity contribution in [2.24, 2.45) is 0 Å². The Balaban J connectivity index is 1.78. The van der Waals surface area contributed by atoms with E-state index >= 15 is 0 Å². The molecule has 1 heterocycles. The SMILES string of the molecule is CCCCN(C(=O)c1csc(Cc2ccccc2)n1)c1ccccc1. The summed E-state index contributed by atoms with van der Waals surface area (Å²) < 4.78 is 0. The van der Waals surface area contributed by atoms with Crippen molar-refractivity contribution in [3.05, 3.63) is 82.3 Å². The average Bonchev–Trinajstić information content (AvgIpc) is 3.12. The Morgan fingerprint density at radius 2 is 1.72 bits per heavy atom. The van der Waals surface area contributed by atoms with Gasteiger partial charge in [-0.1, -0.05) is 61.9 Å². The van der Waals surface area contributed by atoms with Crippen molar-refractivity contribution in [3.63, 3.8) is 0 Å². The summed E-state index contributed by atoms with van der Waals surface area (Å²) in [5, 5.41) is 2.85. The van der Waals surface area contributed by atoms with Gasteiger partial charge in [0.25, 0.3) is 5.91 Å². The van der Waals surface area contributed by atoms with Gasteiger partial charge in [-0.3, -0.25) is 4.79 Å². The maximum Gasteiger partial charge on any atom is 0.277 e. The van der Waals surface area contributed by atoms with E-state index in [1.165, 1.54) is 5.56 Å². The number of hydrogen-bond acceptors (Lipinski definition) is 3. The maximum absolute atomic E-state index is 13.0. The molecule has 3 nitrogen and oxygen atoms in total. The number of anilines is 1. The fourth-order valence-corrected chi connectivity index (χ4v) is 3.47. The van der Waals surface area contributed by atoms with E-state index in [-0.39, 0.29) is 5.91 Å². The zero-order chi connectivity index (χ0) is 17.5. The number of carbonyl (C=O) groups is 1. The highest BCUT2D eigenvalue weighted by Crippen LogP contribution is 2.20. The summed E-state index contributed by atoms with van der Waals surface area (Å²) in [6.07, 6.45) is 2.79. The minimum absolute atomic E-state index is 0.0183. The normalized spacial score (nSPS) is 10.6. The fourth-order valence-electron chi connectivity index (χ4n) is 2.67. The van der Waals surface area contributed by atoms with E-state index in [1.54, 1.807) is 11.3 Å². The first-order valence-corrected chi connectivity index (χ1v) is 9.51. The number of unbranched alkanes of at least 4 members (excludes halogenated alkanes) is 1. The molecule has 0 radical (unpaired) electrons. The van der Waals surface area contributed by atoms with Crippen molar-refractivity contribution in [2.75, 3.05) is 11.4 Å². The molecule has 0 saturated heterocycles. The van der Waals surface area contributed by atoms with E-state index in [9.17, 15) is 4.79 Å². The third-order valence-corrected chi connectivity index (χ3v) is 4.87. The van der Waals surface area contributed by atoms with E-state index in [0.717, 1.165) is 30.0 Å². The molecule has 0 spiro atoms. The monoisotopic (exact) mass is 350 g/mol. The Labute approximate surface area is 153 Å². The Kier molecular flexibility index (Phi) is 5.96. The lowest BCUT2D eigenvalue weighted by Crippen LogP contribution is -2.32. The lowest BCUT2D eigenvalue weighted by Gasteiger charge is -2.21. The first-order valence-electron chi connectivity index (χ1n) is 8.63. The fraction of sp³-hybridized carbons (Fsp3) is 0.238. The topological polar surface area (TPSA) is 33.2 Å². The van der Waals surface area contributed by atoms with Crippen LogP contribution in [-0.4, -0.2) is 17.4 Å². The second kappa shape index (κ2) is 8.58. The molecule has 4 heteroatoms. The molecule has 0 N–H and O–H groups in total. The molecule has 2 aromatic carbocycles. The minimum atomic E-state index is -0.0183. The summed E-state index contributed by atoms with van der Waals surface area (Å²) in [7, 11) is 0. The number of carbonyl (C=O) groups excluding carboxylic acids is 1. The van der Waals surface area contributed by atoms with Crippen molar-refractivity contribution in [1.82, 2.24) is 4.98 Å². The maximum atomic E-state index is 13.0. The molecule has 0 saturated carbocycles. The molecular weight excluding hydrogens is 328 g/mol. The van der Waals surface area contributed by atoms with Gasteiger partial charge < -0.3 is 4.90 Å². The van der Waals surface area contributed by atoms with Gasteiger partial charge >= 0.3 is 0 Å². The molecule has 3 aromatic rings. The molecule has 1 aromatic heterocycles. The van der Waals surface area contributed by atoms with Gasteiger partial charge in [-0.05, 0) is 24.1 Å². The van der Waals surface area contributed by atoms with Crippen LogP contribution in [0.2, 0.25) is 0 Å². The van der Waals surface area contributed by atoms with E-state index in [4.69, 9.17) is 0 Å². The summed E-state index contributed by atoms with van der Waals surface area (Å²) >= 11 is 1.55. The van der Waals surface area contributed by atoms with Gasteiger partial charge in [0.1, 0.15) is 5.69 Å². The van der Waals surface area contributed by atoms with E-state index in [2.05, 4.69) is 24.0 Å². The summed E-state index contributed by atoms with van der Waals surface area (Å²) in [5.41, 5.74) is 2.68. The highest BCUT2D eigenvalue weighted by molar-refractivity contribution is 7.09. The van der Waals surface area contributed by atoms with Gasteiger partial charge in [0, 0.05) is 24.0 Å². The summed E-state index contributed by atoms with van der Waals surface area (Å²) in [5.74, 6) is -0.0183. The second-order valence-corrected chi connectivity index (χ2v) is 6.88. The molecule has 25 heavy (non-hydrogen) atoms. The largest absolute Gasteiger partial charge is 0.307 e. The Morgan fingerprint density at radius 1 is 1.04 bits per heavy atom. The predicted octanol–water partition coefficient (Wildman–Crippen LogP) is 5.18. The molecule has 0 bridgehead atoms. The van der Waals surface area contributed by atoms with Crippen LogP contribution in [0, 0.1) is 0 Å². The Bertz CT molecular complexity index is 799. The van der Waals surface area contributed by atoms with Crippen LogP contribution < -0.4 is 4.90 Å². The quantitative estimate of drug-likeness (QED) is 0.588. The molecule has 3 rings (SSSR count). The molecule has 0 fully saturated rings. The molecule has 0 aliphatic rings. The van der Waals surface area contributed by atoms with Crippen LogP contribution >= 0.6 is 11.3 Å². The summed E-state index contributed by atoms with van der Waals surface area (Å²) in [4.78, 5) is 19.4. The van der Waals surface area contributed by atoms with E-state index in [1.807, 2.05) is 58.8 Å². The lowest BCUT2D eigenvalue weighted by atomic mass is 10.2. The third kappa shape index (κ3) is 4.54. The van der Waals surface area contributed by atoms with Gasteiger partial charge in [0.05, 0.1) is 5.01 Å².